The van der Waals surface area contributed by atoms with Crippen LogP contribution in [0, 0.1) is 10.1 Å². The summed E-state index contributed by atoms with van der Waals surface area (Å²) in [6.45, 7) is -0.228. The number of aliphatic hydroxyl groups excluding tert-OH is 1. The van der Waals surface area contributed by atoms with Crippen molar-refractivity contribution in [3.05, 3.63) is 22.6 Å². The number of amides is 1. The average Bonchev–Trinajstić information content (AvgIpc) is 2.82. The number of nitro groups is 1. The van der Waals surface area contributed by atoms with Crippen molar-refractivity contribution in [1.82, 2.24) is 14.9 Å². The first kappa shape index (κ1) is 14.6. The van der Waals surface area contributed by atoms with Crippen LogP contribution in [0.3, 0.4) is 0 Å². The number of carboxylic acid groups (broad SMARTS) is 1. The van der Waals surface area contributed by atoms with Crippen LogP contribution in [0.4, 0.5) is 5.82 Å². The third-order valence-corrected chi connectivity index (χ3v) is 2.18. The van der Waals surface area contributed by atoms with Crippen LogP contribution in [0.15, 0.2) is 12.5 Å². The van der Waals surface area contributed by atoms with Crippen LogP contribution in [-0.4, -0.2) is 49.2 Å². The van der Waals surface area contributed by atoms with Gasteiger partial charge in [-0.2, -0.15) is 0 Å². The van der Waals surface area contributed by atoms with E-state index in [4.69, 9.17) is 10.2 Å². The number of aryl methyl sites for hydroxylation is 1. The van der Waals surface area contributed by atoms with Gasteiger partial charge in [0.25, 0.3) is 0 Å². The fraction of sp³-hybridized carbons (Fsp3) is 0.444. The molecule has 1 amide bonds. The Morgan fingerprint density at radius 2 is 2.26 bits per heavy atom. The first-order valence-corrected chi connectivity index (χ1v) is 5.24. The molecule has 0 radical (unpaired) electrons. The molecule has 0 fully saturated rings. The van der Waals surface area contributed by atoms with E-state index in [2.05, 4.69) is 10.3 Å². The molecule has 1 rings (SSSR count). The molecular formula is C9H12N4O6. The monoisotopic (exact) mass is 272 g/mol. The SMILES string of the molecule is O=C(CCn1cnc([N+](=O)[O-])c1)NCC(O)C(=O)O. The smallest absolute Gasteiger partial charge is 0.381 e. The van der Waals surface area contributed by atoms with E-state index in [1.807, 2.05) is 0 Å². The third kappa shape index (κ3) is 4.71. The Balaban J connectivity index is 2.33. The Kier molecular flexibility index (Phi) is 4.94. The molecule has 3 N–H and O–H groups in total. The zero-order valence-corrected chi connectivity index (χ0v) is 9.72. The fourth-order valence-corrected chi connectivity index (χ4v) is 1.18. The minimum absolute atomic E-state index is 0.0140. The highest BCUT2D eigenvalue weighted by Gasteiger charge is 2.14. The molecule has 104 valence electrons. The molecule has 1 aromatic rings. The van der Waals surface area contributed by atoms with Gasteiger partial charge < -0.3 is 30.2 Å². The highest BCUT2D eigenvalue weighted by Crippen LogP contribution is 2.05. The molecule has 1 heterocycles. The van der Waals surface area contributed by atoms with E-state index in [1.165, 1.54) is 17.1 Å². The van der Waals surface area contributed by atoms with Crippen molar-refractivity contribution >= 4 is 17.7 Å². The lowest BCUT2D eigenvalue weighted by Crippen LogP contribution is -2.36. The molecular weight excluding hydrogens is 260 g/mol. The molecule has 0 aromatic carbocycles. The van der Waals surface area contributed by atoms with Crippen LogP contribution in [0.25, 0.3) is 0 Å². The predicted molar refractivity (Wildman–Crippen MR) is 60.2 cm³/mol. The number of aliphatic hydroxyl groups is 1. The van der Waals surface area contributed by atoms with Crippen LogP contribution in [0.1, 0.15) is 6.42 Å². The maximum Gasteiger partial charge on any atom is 0.381 e. The van der Waals surface area contributed by atoms with Gasteiger partial charge in [-0.05, 0) is 9.91 Å². The third-order valence-electron chi connectivity index (χ3n) is 2.18. The first-order valence-electron chi connectivity index (χ1n) is 5.24. The molecule has 1 atom stereocenters. The summed E-state index contributed by atoms with van der Waals surface area (Å²) < 4.78 is 1.37. The second-order valence-electron chi connectivity index (χ2n) is 3.63. The number of carbonyl (C=O) groups excluding carboxylic acids is 1. The topological polar surface area (TPSA) is 148 Å². The number of nitrogens with one attached hydrogen (secondary N) is 1. The highest BCUT2D eigenvalue weighted by molar-refractivity contribution is 5.77. The lowest BCUT2D eigenvalue weighted by molar-refractivity contribution is -0.389. The quantitative estimate of drug-likeness (QED) is 0.414. The van der Waals surface area contributed by atoms with Gasteiger partial charge in [0.1, 0.15) is 6.20 Å². The lowest BCUT2D eigenvalue weighted by Gasteiger charge is -2.07. The fourth-order valence-electron chi connectivity index (χ4n) is 1.18. The summed E-state index contributed by atoms with van der Waals surface area (Å²) in [6, 6.07) is 0. The standard InChI is InChI=1S/C9H12N4O6/c14-6(9(16)17)3-10-8(15)1-2-12-4-7(11-5-12)13(18)19/h4-6,14H,1-3H2,(H,10,15)(H,16,17). The summed E-state index contributed by atoms with van der Waals surface area (Å²) in [5, 5.41) is 29.9. The average molecular weight is 272 g/mol. The van der Waals surface area contributed by atoms with E-state index < -0.39 is 29.4 Å². The zero-order valence-electron chi connectivity index (χ0n) is 9.72. The van der Waals surface area contributed by atoms with Gasteiger partial charge in [-0.15, -0.1) is 0 Å². The Labute approximate surface area is 106 Å². The van der Waals surface area contributed by atoms with Crippen molar-refractivity contribution in [1.29, 1.82) is 0 Å². The van der Waals surface area contributed by atoms with Crippen LogP contribution in [0.5, 0.6) is 0 Å². The van der Waals surface area contributed by atoms with Gasteiger partial charge in [-0.1, -0.05) is 0 Å². The van der Waals surface area contributed by atoms with Crippen molar-refractivity contribution in [3.63, 3.8) is 0 Å². The molecule has 0 aliphatic carbocycles. The number of imidazole rings is 1. The number of carboxylic acids is 1. The van der Waals surface area contributed by atoms with Crippen molar-refractivity contribution in [3.8, 4) is 0 Å². The number of nitrogens with zero attached hydrogens (tertiary/aromatic N) is 3. The van der Waals surface area contributed by atoms with E-state index in [-0.39, 0.29) is 18.8 Å². The van der Waals surface area contributed by atoms with Crippen molar-refractivity contribution < 1.29 is 24.7 Å². The van der Waals surface area contributed by atoms with E-state index in [9.17, 15) is 19.7 Å². The summed E-state index contributed by atoms with van der Waals surface area (Å²) in [7, 11) is 0. The number of hydrogen-bond acceptors (Lipinski definition) is 6. The number of aromatic nitrogens is 2. The molecule has 0 aliphatic heterocycles. The van der Waals surface area contributed by atoms with E-state index in [0.717, 1.165) is 0 Å². The second kappa shape index (κ2) is 6.44. The molecule has 0 saturated carbocycles. The Bertz CT molecular complexity index is 485. The van der Waals surface area contributed by atoms with Crippen molar-refractivity contribution in [2.75, 3.05) is 6.54 Å². The molecule has 10 nitrogen and oxygen atoms in total. The molecule has 19 heavy (non-hydrogen) atoms. The van der Waals surface area contributed by atoms with E-state index in [0.29, 0.717) is 0 Å². The van der Waals surface area contributed by atoms with Crippen LogP contribution >= 0.6 is 0 Å². The maximum atomic E-state index is 11.3. The summed E-state index contributed by atoms with van der Waals surface area (Å²) in [5.74, 6) is -2.22. The summed E-state index contributed by atoms with van der Waals surface area (Å²) in [6.07, 6.45) is 0.731. The van der Waals surface area contributed by atoms with Gasteiger partial charge in [0.05, 0.1) is 6.54 Å². The summed E-state index contributed by atoms with van der Waals surface area (Å²) in [5.41, 5.74) is 0. The molecule has 0 spiro atoms. The van der Waals surface area contributed by atoms with Crippen LogP contribution < -0.4 is 5.32 Å². The zero-order chi connectivity index (χ0) is 14.4. The normalized spacial score (nSPS) is 11.8. The summed E-state index contributed by atoms with van der Waals surface area (Å²) >= 11 is 0. The van der Waals surface area contributed by atoms with E-state index >= 15 is 0 Å². The molecule has 0 saturated heterocycles. The van der Waals surface area contributed by atoms with Gasteiger partial charge in [0.2, 0.25) is 12.2 Å². The number of aliphatic carboxylic acids is 1. The van der Waals surface area contributed by atoms with Gasteiger partial charge in [-0.3, -0.25) is 4.79 Å². The van der Waals surface area contributed by atoms with Gasteiger partial charge in [0.15, 0.2) is 6.10 Å². The number of carbonyl (C=O) groups is 2. The molecule has 1 aromatic heterocycles. The lowest BCUT2D eigenvalue weighted by atomic mass is 10.3. The largest absolute Gasteiger partial charge is 0.479 e. The van der Waals surface area contributed by atoms with Gasteiger partial charge >= 0.3 is 11.8 Å². The molecule has 0 bridgehead atoms. The van der Waals surface area contributed by atoms with Crippen molar-refractivity contribution in [2.45, 2.75) is 19.1 Å². The highest BCUT2D eigenvalue weighted by atomic mass is 16.6. The first-order chi connectivity index (χ1) is 8.90. The molecule has 1 unspecified atom stereocenters. The number of hydrogen-bond donors (Lipinski definition) is 3. The van der Waals surface area contributed by atoms with Crippen LogP contribution in [-0.2, 0) is 16.1 Å². The van der Waals surface area contributed by atoms with Gasteiger partial charge in [0, 0.05) is 13.0 Å². The summed E-state index contributed by atoms with van der Waals surface area (Å²) in [4.78, 5) is 34.8. The molecule has 10 heteroatoms. The Morgan fingerprint density at radius 3 is 2.79 bits per heavy atom. The van der Waals surface area contributed by atoms with E-state index in [1.54, 1.807) is 0 Å². The Hall–Kier alpha value is -2.49. The van der Waals surface area contributed by atoms with Crippen molar-refractivity contribution in [2.24, 2.45) is 0 Å². The Morgan fingerprint density at radius 1 is 1.58 bits per heavy atom. The minimum Gasteiger partial charge on any atom is -0.479 e. The maximum absolute atomic E-state index is 11.3. The van der Waals surface area contributed by atoms with Crippen LogP contribution in [0.2, 0.25) is 0 Å². The number of rotatable bonds is 7. The second-order valence-corrected chi connectivity index (χ2v) is 3.63. The minimum atomic E-state index is -1.65. The molecule has 0 aliphatic rings. The predicted octanol–water partition coefficient (Wildman–Crippen LogP) is -1.26. The van der Waals surface area contributed by atoms with Gasteiger partial charge in [-0.25, -0.2) is 4.79 Å².